The SMILES string of the molecule is COC(=O)Nc1nc(C(OC)=C(C)C=O)c2cccn2n1. The lowest BCUT2D eigenvalue weighted by atomic mass is 10.2. The molecule has 8 nitrogen and oxygen atoms in total. The number of hydrogen-bond donors (Lipinski definition) is 1. The summed E-state index contributed by atoms with van der Waals surface area (Å²) in [5.74, 6) is 0.345. The van der Waals surface area contributed by atoms with Crippen LogP contribution in [0.1, 0.15) is 12.6 Å². The summed E-state index contributed by atoms with van der Waals surface area (Å²) in [6, 6.07) is 3.54. The Bertz CT molecular complexity index is 720. The van der Waals surface area contributed by atoms with Gasteiger partial charge in [0.05, 0.1) is 19.7 Å². The number of aldehydes is 1. The number of aromatic nitrogens is 3. The molecule has 0 bridgehead atoms. The van der Waals surface area contributed by atoms with Crippen molar-refractivity contribution in [3.8, 4) is 0 Å². The molecule has 0 aliphatic heterocycles. The molecule has 2 heterocycles. The Morgan fingerprint density at radius 2 is 2.14 bits per heavy atom. The summed E-state index contributed by atoms with van der Waals surface area (Å²) in [7, 11) is 2.68. The van der Waals surface area contributed by atoms with E-state index in [9.17, 15) is 9.59 Å². The summed E-state index contributed by atoms with van der Waals surface area (Å²) in [6.45, 7) is 1.61. The molecule has 1 N–H and O–H groups in total. The van der Waals surface area contributed by atoms with E-state index in [1.165, 1.54) is 18.7 Å². The minimum absolute atomic E-state index is 0.0359. The number of methoxy groups -OCH3 is 2. The zero-order valence-electron chi connectivity index (χ0n) is 11.8. The van der Waals surface area contributed by atoms with Crippen molar-refractivity contribution >= 4 is 29.6 Å². The highest BCUT2D eigenvalue weighted by atomic mass is 16.5. The molecule has 0 aliphatic rings. The second-order valence-electron chi connectivity index (χ2n) is 4.07. The van der Waals surface area contributed by atoms with Crippen molar-refractivity contribution in [2.45, 2.75) is 6.92 Å². The first-order chi connectivity index (χ1) is 10.1. The van der Waals surface area contributed by atoms with Crippen LogP contribution in [-0.4, -0.2) is 41.2 Å². The van der Waals surface area contributed by atoms with E-state index in [0.717, 1.165) is 0 Å². The van der Waals surface area contributed by atoms with E-state index < -0.39 is 6.09 Å². The molecular formula is C13H14N4O4. The molecule has 0 atom stereocenters. The number of rotatable bonds is 4. The predicted octanol–water partition coefficient (Wildman–Crippen LogP) is 1.48. The van der Waals surface area contributed by atoms with Gasteiger partial charge in [0.25, 0.3) is 5.95 Å². The lowest BCUT2D eigenvalue weighted by Crippen LogP contribution is -2.16. The molecule has 0 radical (unpaired) electrons. The molecular weight excluding hydrogens is 276 g/mol. The number of fused-ring (bicyclic) bond motifs is 1. The molecule has 110 valence electrons. The van der Waals surface area contributed by atoms with E-state index in [-0.39, 0.29) is 5.95 Å². The minimum Gasteiger partial charge on any atom is -0.494 e. The Kier molecular flexibility index (Phi) is 4.17. The second kappa shape index (κ2) is 6.04. The fraction of sp³-hybridized carbons (Fsp3) is 0.231. The van der Waals surface area contributed by atoms with Gasteiger partial charge in [-0.1, -0.05) is 0 Å². The van der Waals surface area contributed by atoms with Crippen LogP contribution in [0.2, 0.25) is 0 Å². The molecule has 0 aliphatic carbocycles. The molecule has 0 saturated carbocycles. The number of amides is 1. The van der Waals surface area contributed by atoms with Gasteiger partial charge in [0.1, 0.15) is 12.0 Å². The molecule has 0 aromatic carbocycles. The van der Waals surface area contributed by atoms with Crippen LogP contribution in [0.25, 0.3) is 11.3 Å². The van der Waals surface area contributed by atoms with E-state index in [4.69, 9.17) is 4.74 Å². The van der Waals surface area contributed by atoms with Gasteiger partial charge >= 0.3 is 6.09 Å². The number of nitrogens with one attached hydrogen (secondary N) is 1. The summed E-state index contributed by atoms with van der Waals surface area (Å²) in [5, 5.41) is 6.49. The number of carbonyl (C=O) groups is 2. The third-order valence-corrected chi connectivity index (χ3v) is 2.74. The van der Waals surface area contributed by atoms with Gasteiger partial charge in [-0.2, -0.15) is 0 Å². The summed E-state index contributed by atoms with van der Waals surface area (Å²) >= 11 is 0. The standard InChI is InChI=1S/C13H14N4O4/c1-8(7-18)11(20-2)10-9-5-4-6-17(9)16-12(14-10)15-13(19)21-3/h4-7H,1-3H3,(H,15,16,19). The zero-order chi connectivity index (χ0) is 15.4. The second-order valence-corrected chi connectivity index (χ2v) is 4.07. The Hall–Kier alpha value is -2.90. The van der Waals surface area contributed by atoms with E-state index >= 15 is 0 Å². The summed E-state index contributed by atoms with van der Waals surface area (Å²) in [5.41, 5.74) is 1.42. The Morgan fingerprint density at radius 3 is 2.76 bits per heavy atom. The van der Waals surface area contributed by atoms with Crippen molar-refractivity contribution in [1.82, 2.24) is 14.6 Å². The van der Waals surface area contributed by atoms with Crippen LogP contribution in [0, 0.1) is 0 Å². The number of allylic oxidation sites excluding steroid dienone is 1. The molecule has 21 heavy (non-hydrogen) atoms. The van der Waals surface area contributed by atoms with E-state index in [2.05, 4.69) is 20.1 Å². The summed E-state index contributed by atoms with van der Waals surface area (Å²) in [6.07, 6.45) is 1.67. The van der Waals surface area contributed by atoms with Crippen LogP contribution >= 0.6 is 0 Å². The molecule has 8 heteroatoms. The maximum atomic E-state index is 11.3. The zero-order valence-corrected chi connectivity index (χ0v) is 11.8. The van der Waals surface area contributed by atoms with Gasteiger partial charge in [-0.05, 0) is 19.1 Å². The van der Waals surface area contributed by atoms with Crippen LogP contribution in [0.3, 0.4) is 0 Å². The lowest BCUT2D eigenvalue weighted by molar-refractivity contribution is -0.104. The van der Waals surface area contributed by atoms with E-state index in [0.29, 0.717) is 28.8 Å². The largest absolute Gasteiger partial charge is 0.494 e. The number of ether oxygens (including phenoxy) is 2. The predicted molar refractivity (Wildman–Crippen MR) is 74.7 cm³/mol. The summed E-state index contributed by atoms with van der Waals surface area (Å²) in [4.78, 5) is 26.5. The van der Waals surface area contributed by atoms with Crippen molar-refractivity contribution in [1.29, 1.82) is 0 Å². The maximum absolute atomic E-state index is 11.3. The van der Waals surface area contributed by atoms with Crippen molar-refractivity contribution in [2.24, 2.45) is 0 Å². The first kappa shape index (κ1) is 14.5. The van der Waals surface area contributed by atoms with Gasteiger partial charge < -0.3 is 9.47 Å². The van der Waals surface area contributed by atoms with Crippen molar-refractivity contribution in [3.05, 3.63) is 29.6 Å². The van der Waals surface area contributed by atoms with Crippen molar-refractivity contribution in [3.63, 3.8) is 0 Å². The smallest absolute Gasteiger partial charge is 0.413 e. The number of hydrogen-bond acceptors (Lipinski definition) is 6. The highest BCUT2D eigenvalue weighted by Crippen LogP contribution is 2.22. The fourth-order valence-corrected chi connectivity index (χ4v) is 1.79. The van der Waals surface area contributed by atoms with Crippen LogP contribution < -0.4 is 5.32 Å². The first-order valence-corrected chi connectivity index (χ1v) is 6.01. The van der Waals surface area contributed by atoms with Crippen LogP contribution in [-0.2, 0) is 14.3 Å². The number of nitrogens with zero attached hydrogens (tertiary/aromatic N) is 3. The Morgan fingerprint density at radius 1 is 1.38 bits per heavy atom. The third kappa shape index (κ3) is 2.83. The lowest BCUT2D eigenvalue weighted by Gasteiger charge is -2.11. The monoisotopic (exact) mass is 290 g/mol. The van der Waals surface area contributed by atoms with E-state index in [1.807, 2.05) is 0 Å². The molecule has 0 unspecified atom stereocenters. The number of anilines is 1. The highest BCUT2D eigenvalue weighted by molar-refractivity contribution is 5.88. The minimum atomic E-state index is -0.692. The van der Waals surface area contributed by atoms with Gasteiger partial charge in [0, 0.05) is 11.8 Å². The van der Waals surface area contributed by atoms with Crippen molar-refractivity contribution < 1.29 is 19.1 Å². The van der Waals surface area contributed by atoms with Crippen LogP contribution in [0.5, 0.6) is 0 Å². The van der Waals surface area contributed by atoms with Gasteiger partial charge in [-0.25, -0.2) is 14.3 Å². The third-order valence-electron chi connectivity index (χ3n) is 2.74. The average molecular weight is 290 g/mol. The summed E-state index contributed by atoms with van der Waals surface area (Å²) < 4.78 is 11.3. The fourth-order valence-electron chi connectivity index (χ4n) is 1.79. The van der Waals surface area contributed by atoms with Gasteiger partial charge in [-0.3, -0.25) is 10.1 Å². The topological polar surface area (TPSA) is 94.8 Å². The highest BCUT2D eigenvalue weighted by Gasteiger charge is 2.16. The molecule has 0 spiro atoms. The first-order valence-electron chi connectivity index (χ1n) is 6.01. The molecule has 2 aromatic rings. The molecule has 0 saturated heterocycles. The molecule has 2 aromatic heterocycles. The normalized spacial score (nSPS) is 11.8. The van der Waals surface area contributed by atoms with Gasteiger partial charge in [0.2, 0.25) is 0 Å². The van der Waals surface area contributed by atoms with Crippen LogP contribution in [0.4, 0.5) is 10.7 Å². The van der Waals surface area contributed by atoms with E-state index in [1.54, 1.807) is 25.3 Å². The van der Waals surface area contributed by atoms with Crippen molar-refractivity contribution in [2.75, 3.05) is 19.5 Å². The van der Waals surface area contributed by atoms with Crippen LogP contribution in [0.15, 0.2) is 23.9 Å². The average Bonchev–Trinajstić information content (AvgIpc) is 2.95. The Balaban J connectivity index is 2.63. The maximum Gasteiger partial charge on any atom is 0.413 e. The molecule has 2 rings (SSSR count). The van der Waals surface area contributed by atoms with Gasteiger partial charge in [-0.15, -0.1) is 5.10 Å². The Labute approximate surface area is 120 Å². The molecule has 0 fully saturated rings. The quantitative estimate of drug-likeness (QED) is 0.520. The van der Waals surface area contributed by atoms with Gasteiger partial charge in [0.15, 0.2) is 5.76 Å². The molecule has 1 amide bonds. The number of carbonyl (C=O) groups excluding carboxylic acids is 2.